The molecule has 5 heteroatoms. The quantitative estimate of drug-likeness (QED) is 0.775. The van der Waals surface area contributed by atoms with Crippen molar-refractivity contribution in [1.29, 1.82) is 0 Å². The van der Waals surface area contributed by atoms with Gasteiger partial charge in [0.1, 0.15) is 12.0 Å². The van der Waals surface area contributed by atoms with Crippen LogP contribution < -0.4 is 4.74 Å². The van der Waals surface area contributed by atoms with E-state index in [0.717, 1.165) is 0 Å². The average Bonchev–Trinajstić information content (AvgIpc) is 2.33. The highest BCUT2D eigenvalue weighted by Crippen LogP contribution is 2.21. The van der Waals surface area contributed by atoms with Crippen molar-refractivity contribution in [3.05, 3.63) is 36.0 Å². The van der Waals surface area contributed by atoms with E-state index in [1.54, 1.807) is 25.3 Å². The van der Waals surface area contributed by atoms with E-state index in [9.17, 15) is 4.39 Å². The normalized spacial score (nSPS) is 10.2. The Balaban J connectivity index is 2.54. The van der Waals surface area contributed by atoms with Crippen molar-refractivity contribution in [2.24, 2.45) is 0 Å². The van der Waals surface area contributed by atoms with Gasteiger partial charge in [-0.3, -0.25) is 4.98 Å². The number of ether oxygens (including phenoxy) is 1. The highest BCUT2D eigenvalue weighted by molar-refractivity contribution is 5.56. The zero-order valence-electron chi connectivity index (χ0n) is 8.94. The monoisotopic (exact) mass is 219 g/mol. The summed E-state index contributed by atoms with van der Waals surface area (Å²) in [5.41, 5.74) is 1.15. The van der Waals surface area contributed by atoms with Crippen LogP contribution in [0.15, 0.2) is 24.7 Å². The van der Waals surface area contributed by atoms with Gasteiger partial charge in [0, 0.05) is 12.3 Å². The summed E-state index contributed by atoms with van der Waals surface area (Å²) < 4.78 is 18.7. The van der Waals surface area contributed by atoms with Crippen LogP contribution in [0.3, 0.4) is 0 Å². The lowest BCUT2D eigenvalue weighted by Gasteiger charge is -2.04. The van der Waals surface area contributed by atoms with Crippen molar-refractivity contribution in [3.8, 4) is 17.3 Å². The Bertz CT molecular complexity index is 516. The Hall–Kier alpha value is -2.04. The number of methoxy groups -OCH3 is 1. The molecule has 0 saturated carbocycles. The zero-order valence-corrected chi connectivity index (χ0v) is 8.94. The topological polar surface area (TPSA) is 47.9 Å². The maximum atomic E-state index is 13.8. The molecular formula is C11H10FN3O. The average molecular weight is 219 g/mol. The molecule has 0 amide bonds. The van der Waals surface area contributed by atoms with Gasteiger partial charge in [-0.15, -0.1) is 0 Å². The van der Waals surface area contributed by atoms with Crippen LogP contribution in [0.2, 0.25) is 0 Å². The second kappa shape index (κ2) is 4.22. The number of hydrogen-bond acceptors (Lipinski definition) is 4. The molecule has 0 aliphatic rings. The lowest BCUT2D eigenvalue weighted by Crippen LogP contribution is -1.96. The lowest BCUT2D eigenvalue weighted by atomic mass is 10.2. The van der Waals surface area contributed by atoms with Gasteiger partial charge in [0.2, 0.25) is 5.88 Å². The van der Waals surface area contributed by atoms with E-state index in [1.165, 1.54) is 13.4 Å². The molecule has 82 valence electrons. The van der Waals surface area contributed by atoms with E-state index in [1.807, 2.05) is 0 Å². The van der Waals surface area contributed by atoms with Gasteiger partial charge in [0.05, 0.1) is 12.8 Å². The first kappa shape index (κ1) is 10.5. The minimum Gasteiger partial charge on any atom is -0.481 e. The van der Waals surface area contributed by atoms with Crippen LogP contribution >= 0.6 is 0 Å². The zero-order chi connectivity index (χ0) is 11.5. The summed E-state index contributed by atoms with van der Waals surface area (Å²) in [6, 6.07) is 3.15. The summed E-state index contributed by atoms with van der Waals surface area (Å²) >= 11 is 0. The molecular weight excluding hydrogens is 209 g/mol. The minimum atomic E-state index is -0.372. The minimum absolute atomic E-state index is 0.209. The Morgan fingerprint density at radius 2 is 2.06 bits per heavy atom. The van der Waals surface area contributed by atoms with Crippen molar-refractivity contribution in [3.63, 3.8) is 0 Å². The largest absolute Gasteiger partial charge is 0.481 e. The molecule has 0 bridgehead atoms. The van der Waals surface area contributed by atoms with Crippen molar-refractivity contribution in [1.82, 2.24) is 15.0 Å². The Morgan fingerprint density at radius 3 is 2.81 bits per heavy atom. The maximum absolute atomic E-state index is 13.8. The fourth-order valence-corrected chi connectivity index (χ4v) is 1.30. The molecule has 0 unspecified atom stereocenters. The number of halogens is 1. The molecule has 0 aromatic carbocycles. The maximum Gasteiger partial charge on any atom is 0.216 e. The molecule has 0 atom stereocenters. The van der Waals surface area contributed by atoms with E-state index in [2.05, 4.69) is 15.0 Å². The van der Waals surface area contributed by atoms with E-state index < -0.39 is 0 Å². The SMILES string of the molecule is COc1cc(-c2nccc(C)c2F)ncn1. The molecule has 0 aliphatic heterocycles. The third kappa shape index (κ3) is 1.84. The summed E-state index contributed by atoms with van der Waals surface area (Å²) in [6.45, 7) is 1.68. The number of pyridine rings is 1. The van der Waals surface area contributed by atoms with E-state index in [-0.39, 0.29) is 11.5 Å². The predicted molar refractivity (Wildman–Crippen MR) is 56.5 cm³/mol. The molecule has 0 radical (unpaired) electrons. The Labute approximate surface area is 92.2 Å². The lowest BCUT2D eigenvalue weighted by molar-refractivity contribution is 0.397. The van der Waals surface area contributed by atoms with E-state index in [4.69, 9.17) is 4.74 Å². The number of aromatic nitrogens is 3. The van der Waals surface area contributed by atoms with Crippen molar-refractivity contribution in [2.75, 3.05) is 7.11 Å². The predicted octanol–water partition coefficient (Wildman–Crippen LogP) is 1.99. The van der Waals surface area contributed by atoms with Gasteiger partial charge in [-0.05, 0) is 18.6 Å². The molecule has 16 heavy (non-hydrogen) atoms. The number of rotatable bonds is 2. The molecule has 0 spiro atoms. The van der Waals surface area contributed by atoms with Crippen LogP contribution in [0.4, 0.5) is 4.39 Å². The summed E-state index contributed by atoms with van der Waals surface area (Å²) in [4.78, 5) is 11.8. The van der Waals surface area contributed by atoms with E-state index >= 15 is 0 Å². The second-order valence-electron chi connectivity index (χ2n) is 3.24. The molecule has 0 fully saturated rings. The fraction of sp³-hybridized carbons (Fsp3) is 0.182. The van der Waals surface area contributed by atoms with Crippen molar-refractivity contribution < 1.29 is 9.13 Å². The van der Waals surface area contributed by atoms with Gasteiger partial charge in [0.25, 0.3) is 0 Å². The summed E-state index contributed by atoms with van der Waals surface area (Å²) in [5.74, 6) is 0.0101. The van der Waals surface area contributed by atoms with Crippen molar-refractivity contribution in [2.45, 2.75) is 6.92 Å². The molecule has 4 nitrogen and oxygen atoms in total. The standard InChI is InChI=1S/C11H10FN3O/c1-7-3-4-13-11(10(7)12)8-5-9(16-2)15-6-14-8/h3-6H,1-2H3. The van der Waals surface area contributed by atoms with Gasteiger partial charge >= 0.3 is 0 Å². The van der Waals surface area contributed by atoms with Gasteiger partial charge in [-0.25, -0.2) is 14.4 Å². The number of hydrogen-bond donors (Lipinski definition) is 0. The molecule has 2 aromatic rings. The fourth-order valence-electron chi connectivity index (χ4n) is 1.30. The summed E-state index contributed by atoms with van der Waals surface area (Å²) in [5, 5.41) is 0. The van der Waals surface area contributed by atoms with Gasteiger partial charge in [-0.2, -0.15) is 0 Å². The first-order valence-electron chi connectivity index (χ1n) is 4.70. The molecule has 2 rings (SSSR count). The van der Waals surface area contributed by atoms with Crippen LogP contribution in [0.5, 0.6) is 5.88 Å². The number of nitrogens with zero attached hydrogens (tertiary/aromatic N) is 3. The molecule has 2 heterocycles. The third-order valence-electron chi connectivity index (χ3n) is 2.18. The second-order valence-corrected chi connectivity index (χ2v) is 3.24. The van der Waals surface area contributed by atoms with Crippen LogP contribution in [-0.4, -0.2) is 22.1 Å². The highest BCUT2D eigenvalue weighted by atomic mass is 19.1. The molecule has 0 aliphatic carbocycles. The molecule has 0 N–H and O–H groups in total. The Kier molecular flexibility index (Phi) is 2.76. The van der Waals surface area contributed by atoms with Crippen LogP contribution in [0, 0.1) is 12.7 Å². The molecule has 2 aromatic heterocycles. The van der Waals surface area contributed by atoms with Gasteiger partial charge < -0.3 is 4.74 Å². The van der Waals surface area contributed by atoms with E-state index in [0.29, 0.717) is 17.1 Å². The first-order valence-corrected chi connectivity index (χ1v) is 4.70. The van der Waals surface area contributed by atoms with Gasteiger partial charge in [-0.1, -0.05) is 0 Å². The first-order chi connectivity index (χ1) is 7.72. The smallest absolute Gasteiger partial charge is 0.216 e. The highest BCUT2D eigenvalue weighted by Gasteiger charge is 2.11. The number of aryl methyl sites for hydroxylation is 1. The van der Waals surface area contributed by atoms with Crippen LogP contribution in [0.1, 0.15) is 5.56 Å². The van der Waals surface area contributed by atoms with Crippen LogP contribution in [0.25, 0.3) is 11.4 Å². The third-order valence-corrected chi connectivity index (χ3v) is 2.18. The summed E-state index contributed by atoms with van der Waals surface area (Å²) in [6.07, 6.45) is 2.86. The van der Waals surface area contributed by atoms with Crippen molar-refractivity contribution >= 4 is 0 Å². The summed E-state index contributed by atoms with van der Waals surface area (Å²) in [7, 11) is 1.49. The van der Waals surface area contributed by atoms with Gasteiger partial charge in [0.15, 0.2) is 5.82 Å². The molecule has 0 saturated heterocycles. The Morgan fingerprint density at radius 1 is 1.25 bits per heavy atom. The van der Waals surface area contributed by atoms with Crippen LogP contribution in [-0.2, 0) is 0 Å².